The molecule has 12 nitrogen and oxygen atoms in total. The number of rotatable bonds is 10. The van der Waals surface area contributed by atoms with Gasteiger partial charge in [0.05, 0.1) is 41.8 Å². The lowest BCUT2D eigenvalue weighted by Gasteiger charge is -2.36. The normalized spacial score (nSPS) is 19.3. The van der Waals surface area contributed by atoms with Crippen molar-refractivity contribution in [3.05, 3.63) is 83.4 Å². The Kier molecular flexibility index (Phi) is 14.9. The number of ether oxygens (including phenoxy) is 2. The number of urea groups is 1. The topological polar surface area (TPSA) is 158 Å². The first kappa shape index (κ1) is 40.1. The first-order valence-electron chi connectivity index (χ1n) is 18.2. The second kappa shape index (κ2) is 19.3. The maximum Gasteiger partial charge on any atom is 0.319 e. The largest absolute Gasteiger partial charge is 0.490 e. The van der Waals surface area contributed by atoms with Gasteiger partial charge in [-0.25, -0.2) is 4.79 Å². The number of nitrogen functional groups attached to an aromatic ring is 1. The van der Waals surface area contributed by atoms with Gasteiger partial charge in [0.15, 0.2) is 0 Å². The summed E-state index contributed by atoms with van der Waals surface area (Å²) in [7, 11) is 2.03. The van der Waals surface area contributed by atoms with Gasteiger partial charge in [-0.05, 0) is 102 Å². The van der Waals surface area contributed by atoms with E-state index in [2.05, 4.69) is 27.8 Å². The molecule has 0 aliphatic carbocycles. The zero-order valence-corrected chi connectivity index (χ0v) is 31.4. The Morgan fingerprint density at radius 2 is 1.75 bits per heavy atom. The summed E-state index contributed by atoms with van der Waals surface area (Å²) in [5.41, 5.74) is 9.41. The maximum absolute atomic E-state index is 14.4. The number of nitrogens with zero attached hydrogens (tertiary/aromatic N) is 2. The molecule has 0 aromatic heterocycles. The minimum atomic E-state index is -0.485. The standard InChI is InChI=1S/C40H56N6O6/c1-26(2)42-40(50)43-32-18-19-36-33(21-32)39(49)46(28(4)25-47)22-27(3)37(51-20-10-9-11-29(5)52-36)24-45(6)23-30-14-16-31(17-15-30)38(48)44-35-13-8-7-12-34(35)41/h7-8,12-19,21,26-29,37,47H,9-11,20,22-25,41H2,1-6H3,(H,44,48)(H2,42,43,50)/t27-,28+,29+,37-/m0/s1. The summed E-state index contributed by atoms with van der Waals surface area (Å²) in [6.07, 6.45) is 2.15. The Morgan fingerprint density at radius 1 is 1.02 bits per heavy atom. The average Bonchev–Trinajstić information content (AvgIpc) is 3.10. The van der Waals surface area contributed by atoms with Gasteiger partial charge in [0.2, 0.25) is 0 Å². The van der Waals surface area contributed by atoms with Crippen LogP contribution in [0.25, 0.3) is 0 Å². The molecule has 3 aromatic carbocycles. The number of likely N-dealkylation sites (N-methyl/N-ethyl adjacent to an activating group) is 1. The van der Waals surface area contributed by atoms with Crippen LogP contribution in [0.15, 0.2) is 66.7 Å². The lowest BCUT2D eigenvalue weighted by Crippen LogP contribution is -2.47. The lowest BCUT2D eigenvalue weighted by molar-refractivity contribution is -0.0177. The van der Waals surface area contributed by atoms with Crippen molar-refractivity contribution in [1.29, 1.82) is 0 Å². The predicted molar refractivity (Wildman–Crippen MR) is 206 cm³/mol. The summed E-state index contributed by atoms with van der Waals surface area (Å²) in [5.74, 6) is -0.191. The minimum absolute atomic E-state index is 0.0562. The summed E-state index contributed by atoms with van der Waals surface area (Å²) in [4.78, 5) is 43.5. The van der Waals surface area contributed by atoms with Gasteiger partial charge in [-0.2, -0.15) is 0 Å². The summed E-state index contributed by atoms with van der Waals surface area (Å²) in [5, 5.41) is 18.8. The number of hydrogen-bond acceptors (Lipinski definition) is 8. The molecule has 0 fully saturated rings. The fourth-order valence-corrected chi connectivity index (χ4v) is 6.14. The SMILES string of the molecule is CC(C)NC(=O)Nc1ccc2c(c1)C(=O)N([C@H](C)CO)C[C@H](C)[C@H](CN(C)Cc1ccc(C(=O)Nc3ccccc3N)cc1)OCCCC[C@@H](C)O2. The highest BCUT2D eigenvalue weighted by molar-refractivity contribution is 6.05. The molecule has 12 heteroatoms. The Hall–Kier alpha value is -4.65. The van der Waals surface area contributed by atoms with Crippen molar-refractivity contribution in [3.8, 4) is 5.75 Å². The van der Waals surface area contributed by atoms with Crippen molar-refractivity contribution in [2.75, 3.05) is 49.7 Å². The van der Waals surface area contributed by atoms with E-state index in [0.717, 1.165) is 24.8 Å². The molecule has 0 radical (unpaired) electrons. The quantitative estimate of drug-likeness (QED) is 0.161. The van der Waals surface area contributed by atoms with Gasteiger partial charge < -0.3 is 41.2 Å². The van der Waals surface area contributed by atoms with E-state index in [1.807, 2.05) is 59.0 Å². The molecule has 282 valence electrons. The molecule has 52 heavy (non-hydrogen) atoms. The second-order valence-electron chi connectivity index (χ2n) is 14.2. The van der Waals surface area contributed by atoms with E-state index in [9.17, 15) is 19.5 Å². The highest BCUT2D eigenvalue weighted by Gasteiger charge is 2.30. The Balaban J connectivity index is 1.50. The molecule has 0 unspecified atom stereocenters. The number of para-hydroxylation sites is 2. The predicted octanol–water partition coefficient (Wildman–Crippen LogP) is 5.98. The average molecular weight is 717 g/mol. The lowest BCUT2D eigenvalue weighted by atomic mass is 10.0. The van der Waals surface area contributed by atoms with Gasteiger partial charge in [0.1, 0.15) is 5.75 Å². The van der Waals surface area contributed by atoms with Gasteiger partial charge in [0.25, 0.3) is 11.8 Å². The van der Waals surface area contributed by atoms with Crippen LogP contribution >= 0.6 is 0 Å². The van der Waals surface area contributed by atoms with Crippen LogP contribution in [0, 0.1) is 5.92 Å². The van der Waals surface area contributed by atoms with E-state index < -0.39 is 6.04 Å². The zero-order valence-electron chi connectivity index (χ0n) is 31.4. The molecule has 4 rings (SSSR count). The molecule has 3 aromatic rings. The van der Waals surface area contributed by atoms with Crippen molar-refractivity contribution in [1.82, 2.24) is 15.1 Å². The number of aliphatic hydroxyl groups excluding tert-OH is 1. The number of carbonyl (C=O) groups is 3. The number of nitrogens with two attached hydrogens (primary N) is 1. The number of aliphatic hydroxyl groups is 1. The fraction of sp³-hybridized carbons (Fsp3) is 0.475. The summed E-state index contributed by atoms with van der Waals surface area (Å²) < 4.78 is 12.8. The van der Waals surface area contributed by atoms with Crippen molar-refractivity contribution < 1.29 is 29.0 Å². The zero-order chi connectivity index (χ0) is 37.8. The molecule has 4 atom stereocenters. The van der Waals surface area contributed by atoms with Gasteiger partial charge in [0, 0.05) is 49.5 Å². The van der Waals surface area contributed by atoms with E-state index in [0.29, 0.717) is 60.2 Å². The van der Waals surface area contributed by atoms with Crippen LogP contribution in [0.2, 0.25) is 0 Å². The molecule has 0 saturated carbocycles. The van der Waals surface area contributed by atoms with Gasteiger partial charge >= 0.3 is 6.03 Å². The molecule has 6 N–H and O–H groups in total. The fourth-order valence-electron chi connectivity index (χ4n) is 6.14. The van der Waals surface area contributed by atoms with Crippen molar-refractivity contribution >= 4 is 34.9 Å². The number of hydrogen-bond donors (Lipinski definition) is 5. The molecule has 0 bridgehead atoms. The number of benzene rings is 3. The second-order valence-corrected chi connectivity index (χ2v) is 14.2. The van der Waals surface area contributed by atoms with Gasteiger partial charge in [-0.3, -0.25) is 14.5 Å². The molecule has 1 aliphatic rings. The molecular weight excluding hydrogens is 660 g/mol. The van der Waals surface area contributed by atoms with Gasteiger partial charge in [-0.15, -0.1) is 0 Å². The van der Waals surface area contributed by atoms with Crippen LogP contribution in [0.3, 0.4) is 0 Å². The molecule has 0 spiro atoms. The molecule has 4 amide bonds. The highest BCUT2D eigenvalue weighted by atomic mass is 16.5. The molecule has 0 saturated heterocycles. The number of carbonyl (C=O) groups excluding carboxylic acids is 3. The van der Waals surface area contributed by atoms with Crippen molar-refractivity contribution in [3.63, 3.8) is 0 Å². The smallest absolute Gasteiger partial charge is 0.319 e. The molecule has 1 aliphatic heterocycles. The summed E-state index contributed by atoms with van der Waals surface area (Å²) in [6.45, 7) is 11.5. The minimum Gasteiger partial charge on any atom is -0.490 e. The van der Waals surface area contributed by atoms with Crippen LogP contribution in [0.4, 0.5) is 21.9 Å². The third-order valence-electron chi connectivity index (χ3n) is 9.10. The first-order valence-corrected chi connectivity index (χ1v) is 18.2. The number of amides is 4. The third kappa shape index (κ3) is 11.7. The third-order valence-corrected chi connectivity index (χ3v) is 9.10. The Morgan fingerprint density at radius 3 is 2.44 bits per heavy atom. The number of nitrogens with one attached hydrogen (secondary N) is 3. The van der Waals surface area contributed by atoms with E-state index >= 15 is 0 Å². The van der Waals surface area contributed by atoms with E-state index in [4.69, 9.17) is 15.2 Å². The van der Waals surface area contributed by atoms with Crippen LogP contribution in [-0.2, 0) is 11.3 Å². The van der Waals surface area contributed by atoms with E-state index in [1.54, 1.807) is 47.4 Å². The van der Waals surface area contributed by atoms with Gasteiger partial charge in [-0.1, -0.05) is 31.2 Å². The summed E-state index contributed by atoms with van der Waals surface area (Å²) in [6, 6.07) is 18.8. The number of fused-ring (bicyclic) bond motifs is 1. The monoisotopic (exact) mass is 716 g/mol. The Labute approximate surface area is 308 Å². The van der Waals surface area contributed by atoms with E-state index in [1.165, 1.54) is 0 Å². The van der Waals surface area contributed by atoms with Crippen molar-refractivity contribution in [2.45, 2.75) is 84.7 Å². The van der Waals surface area contributed by atoms with Crippen LogP contribution in [0.1, 0.15) is 80.2 Å². The van der Waals surface area contributed by atoms with Crippen LogP contribution < -0.4 is 26.4 Å². The Bertz CT molecular complexity index is 1630. The number of anilines is 3. The van der Waals surface area contributed by atoms with E-state index in [-0.39, 0.29) is 48.6 Å². The van der Waals surface area contributed by atoms with Crippen LogP contribution in [0.5, 0.6) is 5.75 Å². The van der Waals surface area contributed by atoms with Crippen LogP contribution in [-0.4, -0.2) is 90.4 Å². The maximum atomic E-state index is 14.4. The van der Waals surface area contributed by atoms with Crippen molar-refractivity contribution in [2.24, 2.45) is 5.92 Å². The first-order chi connectivity index (χ1) is 24.8. The summed E-state index contributed by atoms with van der Waals surface area (Å²) >= 11 is 0. The molecule has 1 heterocycles. The highest BCUT2D eigenvalue weighted by Crippen LogP contribution is 2.29. The molecular formula is C40H56N6O6.